The molecule has 0 spiro atoms. The highest BCUT2D eigenvalue weighted by molar-refractivity contribution is 7.80. The second kappa shape index (κ2) is 6.65. The van der Waals surface area contributed by atoms with Gasteiger partial charge in [-0.15, -0.1) is 0 Å². The molecule has 0 fully saturated rings. The number of ether oxygens (including phenoxy) is 1. The van der Waals surface area contributed by atoms with Crippen LogP contribution in [-0.4, -0.2) is 17.9 Å². The number of hydrogen-bond donors (Lipinski definition) is 2. The molecule has 1 aromatic carbocycles. The number of benzene rings is 1. The Morgan fingerprint density at radius 3 is 2.59 bits per heavy atom. The quantitative estimate of drug-likeness (QED) is 0.486. The molecule has 4 nitrogen and oxygen atoms in total. The largest absolute Gasteiger partial charge is 0.497 e. The van der Waals surface area contributed by atoms with Crippen molar-refractivity contribution in [3.05, 3.63) is 35.9 Å². The van der Waals surface area contributed by atoms with Gasteiger partial charge in [-0.2, -0.15) is 5.10 Å². The van der Waals surface area contributed by atoms with E-state index in [9.17, 15) is 0 Å². The summed E-state index contributed by atoms with van der Waals surface area (Å²) in [6.45, 7) is 1.85. The molecule has 17 heavy (non-hydrogen) atoms. The summed E-state index contributed by atoms with van der Waals surface area (Å²) in [5.41, 5.74) is 9.63. The number of allylic oxidation sites excluding steroid dienone is 1. The summed E-state index contributed by atoms with van der Waals surface area (Å²) in [5, 5.41) is 4.12. The predicted octanol–water partition coefficient (Wildman–Crippen LogP) is 1.92. The van der Waals surface area contributed by atoms with Gasteiger partial charge in [0.1, 0.15) is 5.75 Å². The summed E-state index contributed by atoms with van der Waals surface area (Å²) in [6.07, 6.45) is 3.81. The maximum Gasteiger partial charge on any atom is 0.184 e. The Bertz CT molecular complexity index is 438. The minimum atomic E-state index is 0.155. The Morgan fingerprint density at radius 2 is 2.06 bits per heavy atom. The Morgan fingerprint density at radius 1 is 1.41 bits per heavy atom. The standard InChI is InChI=1S/C12H15N3OS/c1-9(14-15-12(13)17)3-4-10-5-7-11(16-2)8-6-10/h3-8H,1-2H3,(H3,13,15,17)/b4-3-,14-9+. The highest BCUT2D eigenvalue weighted by atomic mass is 32.1. The lowest BCUT2D eigenvalue weighted by molar-refractivity contribution is 0.415. The number of nitrogens with one attached hydrogen (secondary N) is 1. The number of hydrogen-bond acceptors (Lipinski definition) is 3. The molecule has 0 saturated heterocycles. The van der Waals surface area contributed by atoms with E-state index in [1.54, 1.807) is 7.11 Å². The van der Waals surface area contributed by atoms with Crippen LogP contribution < -0.4 is 15.9 Å². The molecule has 0 atom stereocenters. The summed E-state index contributed by atoms with van der Waals surface area (Å²) in [6, 6.07) is 7.73. The zero-order valence-electron chi connectivity index (χ0n) is 9.81. The van der Waals surface area contributed by atoms with Gasteiger partial charge in [-0.1, -0.05) is 18.2 Å². The fourth-order valence-electron chi connectivity index (χ4n) is 1.11. The maximum atomic E-state index is 5.26. The molecule has 0 aromatic heterocycles. The Kier molecular flexibility index (Phi) is 5.16. The molecule has 0 aliphatic carbocycles. The number of thiocarbonyl (C=S) groups is 1. The molecule has 1 aromatic rings. The van der Waals surface area contributed by atoms with Crippen LogP contribution in [0.25, 0.3) is 6.08 Å². The van der Waals surface area contributed by atoms with Crippen LogP contribution in [0.5, 0.6) is 5.75 Å². The molecule has 0 aliphatic heterocycles. The second-order valence-corrected chi connectivity index (χ2v) is 3.78. The number of rotatable bonds is 4. The maximum absolute atomic E-state index is 5.26. The van der Waals surface area contributed by atoms with Gasteiger partial charge in [-0.3, -0.25) is 5.43 Å². The van der Waals surface area contributed by atoms with Crippen LogP contribution in [0.3, 0.4) is 0 Å². The van der Waals surface area contributed by atoms with Crippen LogP contribution in [0.4, 0.5) is 0 Å². The van der Waals surface area contributed by atoms with Crippen LogP contribution in [0.2, 0.25) is 0 Å². The van der Waals surface area contributed by atoms with Crippen molar-refractivity contribution in [1.82, 2.24) is 5.43 Å². The van der Waals surface area contributed by atoms with Crippen molar-refractivity contribution in [2.45, 2.75) is 6.92 Å². The van der Waals surface area contributed by atoms with Crippen LogP contribution in [-0.2, 0) is 0 Å². The summed E-state index contributed by atoms with van der Waals surface area (Å²) in [4.78, 5) is 0. The van der Waals surface area contributed by atoms with E-state index in [1.165, 1.54) is 0 Å². The lowest BCUT2D eigenvalue weighted by atomic mass is 10.2. The smallest absolute Gasteiger partial charge is 0.184 e. The summed E-state index contributed by atoms with van der Waals surface area (Å²) in [7, 11) is 1.64. The first-order valence-electron chi connectivity index (χ1n) is 5.03. The molecule has 1 rings (SSSR count). The van der Waals surface area contributed by atoms with Crippen LogP contribution >= 0.6 is 12.2 Å². The predicted molar refractivity (Wildman–Crippen MR) is 75.1 cm³/mol. The number of hydrazone groups is 1. The zero-order chi connectivity index (χ0) is 12.7. The summed E-state index contributed by atoms with van der Waals surface area (Å²) < 4.78 is 5.07. The van der Waals surface area contributed by atoms with Crippen LogP contribution in [0, 0.1) is 0 Å². The molecular formula is C12H15N3OS. The lowest BCUT2D eigenvalue weighted by Crippen LogP contribution is -2.24. The third-order valence-corrected chi connectivity index (χ3v) is 2.07. The van der Waals surface area contributed by atoms with Gasteiger partial charge in [-0.25, -0.2) is 0 Å². The van der Waals surface area contributed by atoms with Gasteiger partial charge in [0.2, 0.25) is 0 Å². The Labute approximate surface area is 106 Å². The van der Waals surface area contributed by atoms with E-state index in [4.69, 9.17) is 10.5 Å². The SMILES string of the molecule is COc1ccc(/C=C\C(C)=N\NC(N)=S)cc1. The van der Waals surface area contributed by atoms with Gasteiger partial charge < -0.3 is 10.5 Å². The Hall–Kier alpha value is -1.88. The molecular weight excluding hydrogens is 234 g/mol. The van der Waals surface area contributed by atoms with Gasteiger partial charge in [0.25, 0.3) is 0 Å². The van der Waals surface area contributed by atoms with E-state index >= 15 is 0 Å². The Balaban J connectivity index is 2.63. The van der Waals surface area contributed by atoms with Crippen molar-refractivity contribution in [2.75, 3.05) is 7.11 Å². The van der Waals surface area contributed by atoms with Gasteiger partial charge >= 0.3 is 0 Å². The van der Waals surface area contributed by atoms with Gasteiger partial charge in [-0.05, 0) is 42.9 Å². The van der Waals surface area contributed by atoms with Crippen molar-refractivity contribution in [1.29, 1.82) is 0 Å². The van der Waals surface area contributed by atoms with E-state index in [0.717, 1.165) is 17.0 Å². The van der Waals surface area contributed by atoms with E-state index < -0.39 is 0 Å². The third kappa shape index (κ3) is 5.12. The highest BCUT2D eigenvalue weighted by Gasteiger charge is 1.90. The molecule has 0 bridgehead atoms. The number of methoxy groups -OCH3 is 1. The first-order chi connectivity index (χ1) is 8.11. The molecule has 0 saturated carbocycles. The fourth-order valence-corrected chi connectivity index (χ4v) is 1.16. The first-order valence-corrected chi connectivity index (χ1v) is 5.44. The normalized spacial score (nSPS) is 11.5. The molecule has 0 heterocycles. The van der Waals surface area contributed by atoms with Crippen LogP contribution in [0.15, 0.2) is 35.4 Å². The van der Waals surface area contributed by atoms with Crippen molar-refractivity contribution in [3.63, 3.8) is 0 Å². The summed E-state index contributed by atoms with van der Waals surface area (Å²) >= 11 is 4.64. The molecule has 0 radical (unpaired) electrons. The molecule has 90 valence electrons. The minimum absolute atomic E-state index is 0.155. The molecule has 0 unspecified atom stereocenters. The second-order valence-electron chi connectivity index (χ2n) is 3.34. The molecule has 0 amide bonds. The van der Waals surface area contributed by atoms with E-state index in [1.807, 2.05) is 43.3 Å². The first kappa shape index (κ1) is 13.2. The monoisotopic (exact) mass is 249 g/mol. The third-order valence-electron chi connectivity index (χ3n) is 1.98. The summed E-state index contributed by atoms with van der Waals surface area (Å²) in [5.74, 6) is 0.836. The molecule has 0 aliphatic rings. The average Bonchev–Trinajstić information content (AvgIpc) is 2.34. The van der Waals surface area contributed by atoms with Crippen molar-refractivity contribution in [2.24, 2.45) is 10.8 Å². The number of nitrogens with two attached hydrogens (primary N) is 1. The topological polar surface area (TPSA) is 59.6 Å². The van der Waals surface area contributed by atoms with E-state index in [-0.39, 0.29) is 5.11 Å². The van der Waals surface area contributed by atoms with Crippen molar-refractivity contribution >= 4 is 29.1 Å². The van der Waals surface area contributed by atoms with Gasteiger partial charge in [0.15, 0.2) is 5.11 Å². The average molecular weight is 249 g/mol. The van der Waals surface area contributed by atoms with Gasteiger partial charge in [0.05, 0.1) is 12.8 Å². The fraction of sp³-hybridized carbons (Fsp3) is 0.167. The number of nitrogens with zero attached hydrogens (tertiary/aromatic N) is 1. The minimum Gasteiger partial charge on any atom is -0.497 e. The van der Waals surface area contributed by atoms with E-state index in [0.29, 0.717) is 0 Å². The van der Waals surface area contributed by atoms with Gasteiger partial charge in [0, 0.05) is 0 Å². The van der Waals surface area contributed by atoms with Crippen molar-refractivity contribution < 1.29 is 4.74 Å². The molecule has 5 heteroatoms. The highest BCUT2D eigenvalue weighted by Crippen LogP contribution is 2.12. The lowest BCUT2D eigenvalue weighted by Gasteiger charge is -1.99. The molecule has 3 N–H and O–H groups in total. The van der Waals surface area contributed by atoms with Crippen LogP contribution in [0.1, 0.15) is 12.5 Å². The zero-order valence-corrected chi connectivity index (χ0v) is 10.6. The van der Waals surface area contributed by atoms with E-state index in [2.05, 4.69) is 22.7 Å². The van der Waals surface area contributed by atoms with Crippen molar-refractivity contribution in [3.8, 4) is 5.75 Å².